The molecule has 8 heteroatoms. The smallest absolute Gasteiger partial charge is 0.338 e. The number of benzene rings is 2. The highest BCUT2D eigenvalue weighted by Crippen LogP contribution is 2.32. The summed E-state index contributed by atoms with van der Waals surface area (Å²) in [5.41, 5.74) is 3.47. The molecule has 1 aliphatic rings. The Morgan fingerprint density at radius 1 is 1.14 bits per heavy atom. The fraction of sp³-hybridized carbons (Fsp3) is 0.321. The van der Waals surface area contributed by atoms with Gasteiger partial charge in [0.25, 0.3) is 5.56 Å². The summed E-state index contributed by atoms with van der Waals surface area (Å²) >= 11 is 1.29. The first-order chi connectivity index (χ1) is 17.3. The number of thiazole rings is 1. The van der Waals surface area contributed by atoms with E-state index >= 15 is 0 Å². The number of fused-ring (bicyclic) bond motifs is 1. The van der Waals surface area contributed by atoms with Gasteiger partial charge in [0.2, 0.25) is 0 Å². The minimum atomic E-state index is -0.632. The van der Waals surface area contributed by atoms with Gasteiger partial charge < -0.3 is 14.2 Å². The third-order valence-corrected chi connectivity index (χ3v) is 7.11. The first-order valence-corrected chi connectivity index (χ1v) is 12.6. The predicted molar refractivity (Wildman–Crippen MR) is 140 cm³/mol. The molecule has 0 spiro atoms. The van der Waals surface area contributed by atoms with E-state index in [1.165, 1.54) is 24.0 Å². The van der Waals surface area contributed by atoms with E-state index in [1.54, 1.807) is 18.6 Å². The molecule has 3 aromatic rings. The molecule has 0 radical (unpaired) electrons. The maximum Gasteiger partial charge on any atom is 0.338 e. The lowest BCUT2D eigenvalue weighted by molar-refractivity contribution is -0.136. The second-order valence-electron chi connectivity index (χ2n) is 8.74. The average Bonchev–Trinajstić information content (AvgIpc) is 3.17. The summed E-state index contributed by atoms with van der Waals surface area (Å²) in [5.74, 6) is 1.09. The van der Waals surface area contributed by atoms with Crippen LogP contribution in [0.4, 0.5) is 0 Å². The zero-order valence-corrected chi connectivity index (χ0v) is 22.1. The van der Waals surface area contributed by atoms with Crippen LogP contribution in [-0.2, 0) is 9.53 Å². The fourth-order valence-corrected chi connectivity index (χ4v) is 5.32. The Kier molecular flexibility index (Phi) is 7.45. The summed E-state index contributed by atoms with van der Waals surface area (Å²) in [5, 5.41) is 0. The monoisotopic (exact) mass is 506 g/mol. The number of nitrogens with zero attached hydrogens (tertiary/aromatic N) is 2. The van der Waals surface area contributed by atoms with Gasteiger partial charge in [-0.3, -0.25) is 9.36 Å². The molecular weight excluding hydrogens is 476 g/mol. The molecule has 2 aromatic carbocycles. The molecule has 0 amide bonds. The largest absolute Gasteiger partial charge is 0.493 e. The zero-order valence-electron chi connectivity index (χ0n) is 21.3. The maximum atomic E-state index is 13.7. The van der Waals surface area contributed by atoms with Crippen LogP contribution in [0.15, 0.2) is 63.5 Å². The number of hydrogen-bond acceptors (Lipinski definition) is 7. The van der Waals surface area contributed by atoms with Crippen molar-refractivity contribution in [1.82, 2.24) is 4.57 Å². The molecular formula is C28H30N2O5S. The Bertz CT molecular complexity index is 1500. The number of hydrogen-bond donors (Lipinski definition) is 0. The molecule has 2 heterocycles. The second-order valence-corrected chi connectivity index (χ2v) is 9.75. The molecule has 4 rings (SSSR count). The molecule has 1 aromatic heterocycles. The summed E-state index contributed by atoms with van der Waals surface area (Å²) < 4.78 is 18.2. The minimum Gasteiger partial charge on any atom is -0.493 e. The topological polar surface area (TPSA) is 79.1 Å². The second kappa shape index (κ2) is 10.5. The first kappa shape index (κ1) is 25.4. The standard InChI is InChI=1S/C28H30N2O5S/c1-7-35-22-14-18(8-13-21(22)33-5)15-23-26(31)30-25(20-11-9-19(10-12-20)16(2)3)24(27(32)34-6)17(4)29-28(30)36-23/h8-16,25H,7H2,1-6H3/b23-15-/t25-/m0/s1. The van der Waals surface area contributed by atoms with Gasteiger partial charge in [0, 0.05) is 0 Å². The Hall–Kier alpha value is -3.65. The molecule has 0 unspecified atom stereocenters. The van der Waals surface area contributed by atoms with Crippen molar-refractivity contribution < 1.29 is 19.0 Å². The Morgan fingerprint density at radius 2 is 1.86 bits per heavy atom. The first-order valence-electron chi connectivity index (χ1n) is 11.8. The van der Waals surface area contributed by atoms with Gasteiger partial charge in [0.1, 0.15) is 0 Å². The van der Waals surface area contributed by atoms with Gasteiger partial charge in [-0.1, -0.05) is 55.5 Å². The van der Waals surface area contributed by atoms with Gasteiger partial charge in [0.05, 0.1) is 42.7 Å². The van der Waals surface area contributed by atoms with Crippen LogP contribution in [0.2, 0.25) is 0 Å². The molecule has 0 saturated heterocycles. The fourth-order valence-electron chi connectivity index (χ4n) is 4.27. The lowest BCUT2D eigenvalue weighted by Gasteiger charge is -2.24. The van der Waals surface area contributed by atoms with Crippen molar-refractivity contribution in [3.05, 3.63) is 90.1 Å². The zero-order chi connectivity index (χ0) is 26.0. The normalized spacial score (nSPS) is 15.5. The van der Waals surface area contributed by atoms with Crippen LogP contribution in [0.1, 0.15) is 56.3 Å². The highest BCUT2D eigenvalue weighted by Gasteiger charge is 2.33. The molecule has 188 valence electrons. The molecule has 0 saturated carbocycles. The van der Waals surface area contributed by atoms with Gasteiger partial charge in [-0.25, -0.2) is 9.79 Å². The quantitative estimate of drug-likeness (QED) is 0.454. The van der Waals surface area contributed by atoms with E-state index in [0.717, 1.165) is 11.1 Å². The van der Waals surface area contributed by atoms with Crippen LogP contribution in [0.3, 0.4) is 0 Å². The van der Waals surface area contributed by atoms with Gasteiger partial charge >= 0.3 is 5.97 Å². The molecule has 36 heavy (non-hydrogen) atoms. The van der Waals surface area contributed by atoms with E-state index in [4.69, 9.17) is 14.2 Å². The molecule has 0 bridgehead atoms. The summed E-state index contributed by atoms with van der Waals surface area (Å²) in [6.45, 7) is 8.42. The van der Waals surface area contributed by atoms with E-state index in [-0.39, 0.29) is 5.56 Å². The summed E-state index contributed by atoms with van der Waals surface area (Å²) in [4.78, 5) is 31.7. The van der Waals surface area contributed by atoms with Crippen molar-refractivity contribution in [2.24, 2.45) is 4.99 Å². The van der Waals surface area contributed by atoms with Crippen LogP contribution >= 0.6 is 11.3 Å². The predicted octanol–water partition coefficient (Wildman–Crippen LogP) is 3.94. The van der Waals surface area contributed by atoms with E-state index in [0.29, 0.717) is 44.6 Å². The van der Waals surface area contributed by atoms with Crippen molar-refractivity contribution in [2.45, 2.75) is 39.7 Å². The number of carbonyl (C=O) groups is 1. The third-order valence-electron chi connectivity index (χ3n) is 6.13. The minimum absolute atomic E-state index is 0.223. The number of aromatic nitrogens is 1. The highest BCUT2D eigenvalue weighted by molar-refractivity contribution is 7.07. The van der Waals surface area contributed by atoms with Crippen molar-refractivity contribution >= 4 is 23.4 Å². The summed E-state index contributed by atoms with van der Waals surface area (Å²) in [6, 6.07) is 12.9. The highest BCUT2D eigenvalue weighted by atomic mass is 32.1. The molecule has 1 atom stereocenters. The van der Waals surface area contributed by atoms with Crippen LogP contribution in [-0.4, -0.2) is 31.4 Å². The number of methoxy groups -OCH3 is 2. The number of esters is 1. The SMILES string of the molecule is CCOc1cc(/C=c2\sc3n(c2=O)[C@@H](c2ccc(C(C)C)cc2)C(C(=O)OC)=C(C)N=3)ccc1OC. The summed E-state index contributed by atoms with van der Waals surface area (Å²) in [7, 11) is 2.93. The van der Waals surface area contributed by atoms with E-state index in [2.05, 4.69) is 18.8 Å². The molecule has 0 aliphatic carbocycles. The Labute approximate surface area is 214 Å². The lowest BCUT2D eigenvalue weighted by Crippen LogP contribution is -2.39. The van der Waals surface area contributed by atoms with Gasteiger partial charge in [-0.15, -0.1) is 0 Å². The van der Waals surface area contributed by atoms with Gasteiger partial charge in [-0.2, -0.15) is 0 Å². The van der Waals surface area contributed by atoms with Gasteiger partial charge in [0.15, 0.2) is 16.3 Å². The molecule has 0 fully saturated rings. The average molecular weight is 507 g/mol. The number of rotatable bonds is 7. The molecule has 7 nitrogen and oxygen atoms in total. The van der Waals surface area contributed by atoms with Crippen LogP contribution in [0, 0.1) is 0 Å². The van der Waals surface area contributed by atoms with Crippen LogP contribution in [0.5, 0.6) is 11.5 Å². The number of allylic oxidation sites excluding steroid dienone is 1. The lowest BCUT2D eigenvalue weighted by atomic mass is 9.93. The summed E-state index contributed by atoms with van der Waals surface area (Å²) in [6.07, 6.45) is 1.81. The van der Waals surface area contributed by atoms with Crippen molar-refractivity contribution in [1.29, 1.82) is 0 Å². The number of carbonyl (C=O) groups excluding carboxylic acids is 1. The van der Waals surface area contributed by atoms with Crippen molar-refractivity contribution in [3.8, 4) is 11.5 Å². The van der Waals surface area contributed by atoms with E-state index in [9.17, 15) is 9.59 Å². The molecule has 1 aliphatic heterocycles. The van der Waals surface area contributed by atoms with Crippen molar-refractivity contribution in [3.63, 3.8) is 0 Å². The molecule has 0 N–H and O–H groups in total. The van der Waals surface area contributed by atoms with E-state index < -0.39 is 12.0 Å². The maximum absolute atomic E-state index is 13.7. The third kappa shape index (κ3) is 4.73. The van der Waals surface area contributed by atoms with Crippen LogP contribution < -0.4 is 24.4 Å². The van der Waals surface area contributed by atoms with E-state index in [1.807, 2.05) is 55.5 Å². The van der Waals surface area contributed by atoms with Crippen LogP contribution in [0.25, 0.3) is 6.08 Å². The van der Waals surface area contributed by atoms with Crippen molar-refractivity contribution in [2.75, 3.05) is 20.8 Å². The Balaban J connectivity index is 1.90. The van der Waals surface area contributed by atoms with Gasteiger partial charge in [-0.05, 0) is 54.7 Å². The Morgan fingerprint density at radius 3 is 2.47 bits per heavy atom. The number of ether oxygens (including phenoxy) is 3.